The zero-order valence-electron chi connectivity index (χ0n) is 19.0. The Bertz CT molecular complexity index is 1180. The van der Waals surface area contributed by atoms with E-state index in [1.54, 1.807) is 12.1 Å². The molecule has 172 valence electrons. The Morgan fingerprint density at radius 1 is 0.912 bits per heavy atom. The van der Waals surface area contributed by atoms with Gasteiger partial charge in [0.25, 0.3) is 0 Å². The highest BCUT2D eigenvalue weighted by Crippen LogP contribution is 2.25. The van der Waals surface area contributed by atoms with Crippen molar-refractivity contribution in [3.05, 3.63) is 125 Å². The maximum atomic E-state index is 13.0. The van der Waals surface area contributed by atoms with Gasteiger partial charge in [-0.2, -0.15) is 0 Å². The zero-order valence-corrected chi connectivity index (χ0v) is 19.0. The van der Waals surface area contributed by atoms with E-state index in [-0.39, 0.29) is 11.9 Å². The second-order valence-corrected chi connectivity index (χ2v) is 8.47. The number of rotatable bonds is 10. The number of allylic oxidation sites excluding steroid dienone is 2. The number of aryl methyl sites for hydroxylation is 1. The molecule has 2 atom stereocenters. The number of carboxylic acids is 1. The topological polar surface area (TPSA) is 63.6 Å². The van der Waals surface area contributed by atoms with E-state index in [1.165, 1.54) is 0 Å². The normalized spacial score (nSPS) is 15.9. The van der Waals surface area contributed by atoms with E-state index < -0.39 is 11.9 Å². The van der Waals surface area contributed by atoms with E-state index in [2.05, 4.69) is 6.08 Å². The van der Waals surface area contributed by atoms with Crippen LogP contribution < -0.4 is 4.74 Å². The number of benzene rings is 3. The molecule has 0 heterocycles. The summed E-state index contributed by atoms with van der Waals surface area (Å²) in [6.45, 7) is 0. The Hall–Kier alpha value is -3.92. The minimum Gasteiger partial charge on any atom is -0.486 e. The van der Waals surface area contributed by atoms with Gasteiger partial charge < -0.3 is 9.84 Å². The average molecular weight is 453 g/mol. The predicted octanol–water partition coefficient (Wildman–Crippen LogP) is 6.28. The van der Waals surface area contributed by atoms with Crippen LogP contribution in [-0.4, -0.2) is 23.0 Å². The summed E-state index contributed by atoms with van der Waals surface area (Å²) < 4.78 is 5.95. The molecule has 0 saturated heterocycles. The van der Waals surface area contributed by atoms with E-state index in [1.807, 2.05) is 84.9 Å². The Balaban J connectivity index is 1.37. The number of hydrogen-bond donors (Lipinski definition) is 1. The summed E-state index contributed by atoms with van der Waals surface area (Å²) in [7, 11) is 0. The van der Waals surface area contributed by atoms with Crippen molar-refractivity contribution in [3.8, 4) is 5.75 Å². The van der Waals surface area contributed by atoms with E-state index in [0.29, 0.717) is 36.8 Å². The molecular formula is C30H28O4. The summed E-state index contributed by atoms with van der Waals surface area (Å²) in [5.74, 6) is -0.558. The van der Waals surface area contributed by atoms with Crippen LogP contribution in [0.2, 0.25) is 0 Å². The quantitative estimate of drug-likeness (QED) is 0.368. The van der Waals surface area contributed by atoms with Gasteiger partial charge in [0.1, 0.15) is 11.9 Å². The van der Waals surface area contributed by atoms with Crippen LogP contribution in [0, 0.1) is 5.92 Å². The summed E-state index contributed by atoms with van der Waals surface area (Å²) in [6, 6.07) is 26.3. The number of aliphatic carboxylic acids is 1. The van der Waals surface area contributed by atoms with Crippen molar-refractivity contribution in [2.45, 2.75) is 31.8 Å². The summed E-state index contributed by atoms with van der Waals surface area (Å²) in [4.78, 5) is 25.0. The predicted molar refractivity (Wildman–Crippen MR) is 133 cm³/mol. The van der Waals surface area contributed by atoms with Crippen molar-refractivity contribution in [2.75, 3.05) is 0 Å². The van der Waals surface area contributed by atoms with E-state index in [9.17, 15) is 14.7 Å². The molecule has 0 aliphatic heterocycles. The highest BCUT2D eigenvalue weighted by molar-refractivity contribution is 6.09. The molecule has 4 heteroatoms. The molecule has 0 fully saturated rings. The third-order valence-corrected chi connectivity index (χ3v) is 6.06. The Morgan fingerprint density at radius 2 is 1.59 bits per heavy atom. The van der Waals surface area contributed by atoms with Gasteiger partial charge in [-0.25, -0.2) is 0 Å². The molecule has 4 rings (SSSR count). The van der Waals surface area contributed by atoms with Crippen LogP contribution >= 0.6 is 0 Å². The van der Waals surface area contributed by atoms with Crippen molar-refractivity contribution in [1.29, 1.82) is 0 Å². The van der Waals surface area contributed by atoms with Crippen LogP contribution in [0.3, 0.4) is 0 Å². The standard InChI is InChI=1S/C30H28O4/c31-29(24-10-3-1-4-11-24)28-14-8-7-9-23(28)17-18-25(30(32)33)21-22-15-19-27(20-16-22)34-26-12-5-2-6-13-26/h1-16,19,25,27H,17-18,20-21H2,(H,32,33)/t25-,27?/m0/s1. The molecule has 0 saturated carbocycles. The molecule has 0 aromatic heterocycles. The molecule has 1 aliphatic rings. The highest BCUT2D eigenvalue weighted by Gasteiger charge is 2.22. The fourth-order valence-electron chi connectivity index (χ4n) is 4.19. The molecule has 1 N–H and O–H groups in total. The van der Waals surface area contributed by atoms with Gasteiger partial charge in [0.15, 0.2) is 5.78 Å². The first-order valence-corrected chi connectivity index (χ1v) is 11.6. The third-order valence-electron chi connectivity index (χ3n) is 6.06. The Kier molecular flexibility index (Phi) is 7.71. The monoisotopic (exact) mass is 452 g/mol. The van der Waals surface area contributed by atoms with E-state index >= 15 is 0 Å². The molecule has 34 heavy (non-hydrogen) atoms. The second kappa shape index (κ2) is 11.3. The first-order chi connectivity index (χ1) is 16.6. The molecule has 3 aromatic carbocycles. The molecule has 4 nitrogen and oxygen atoms in total. The smallest absolute Gasteiger partial charge is 0.306 e. The van der Waals surface area contributed by atoms with Gasteiger partial charge in [0.2, 0.25) is 0 Å². The first kappa shape index (κ1) is 23.2. The second-order valence-electron chi connectivity index (χ2n) is 8.47. The van der Waals surface area contributed by atoms with Crippen molar-refractivity contribution >= 4 is 11.8 Å². The maximum absolute atomic E-state index is 13.0. The van der Waals surface area contributed by atoms with Gasteiger partial charge in [0.05, 0.1) is 5.92 Å². The molecule has 1 aliphatic carbocycles. The summed E-state index contributed by atoms with van der Waals surface area (Å²) in [6.07, 6.45) is 8.14. The lowest BCUT2D eigenvalue weighted by atomic mass is 9.88. The van der Waals surface area contributed by atoms with Gasteiger partial charge in [-0.05, 0) is 43.0 Å². The number of ketones is 1. The number of para-hydroxylation sites is 1. The molecular weight excluding hydrogens is 424 g/mol. The summed E-state index contributed by atoms with van der Waals surface area (Å²) in [5, 5.41) is 9.84. The lowest BCUT2D eigenvalue weighted by Gasteiger charge is -2.20. The van der Waals surface area contributed by atoms with Crippen LogP contribution in [0.4, 0.5) is 0 Å². The molecule has 0 radical (unpaired) electrons. The zero-order chi connectivity index (χ0) is 23.8. The minimum absolute atomic E-state index is 0.0366. The maximum Gasteiger partial charge on any atom is 0.306 e. The Labute approximate surface area is 200 Å². The average Bonchev–Trinajstić information content (AvgIpc) is 2.88. The van der Waals surface area contributed by atoms with Crippen molar-refractivity contribution in [2.24, 2.45) is 5.92 Å². The van der Waals surface area contributed by atoms with Crippen LogP contribution in [0.5, 0.6) is 5.75 Å². The van der Waals surface area contributed by atoms with Crippen LogP contribution in [-0.2, 0) is 11.2 Å². The van der Waals surface area contributed by atoms with Gasteiger partial charge >= 0.3 is 5.97 Å². The highest BCUT2D eigenvalue weighted by atomic mass is 16.5. The number of carbonyl (C=O) groups excluding carboxylic acids is 1. The van der Waals surface area contributed by atoms with Gasteiger partial charge in [-0.15, -0.1) is 0 Å². The fourth-order valence-corrected chi connectivity index (χ4v) is 4.19. The van der Waals surface area contributed by atoms with Crippen LogP contribution in [0.1, 0.15) is 40.7 Å². The lowest BCUT2D eigenvalue weighted by Crippen LogP contribution is -2.18. The fraction of sp³-hybridized carbons (Fsp3) is 0.200. The number of carboxylic acid groups (broad SMARTS) is 1. The first-order valence-electron chi connectivity index (χ1n) is 11.6. The summed E-state index contributed by atoms with van der Waals surface area (Å²) >= 11 is 0. The van der Waals surface area contributed by atoms with E-state index in [0.717, 1.165) is 16.9 Å². The lowest BCUT2D eigenvalue weighted by molar-refractivity contribution is -0.141. The van der Waals surface area contributed by atoms with Crippen molar-refractivity contribution in [1.82, 2.24) is 0 Å². The van der Waals surface area contributed by atoms with Crippen molar-refractivity contribution in [3.63, 3.8) is 0 Å². The largest absolute Gasteiger partial charge is 0.486 e. The van der Waals surface area contributed by atoms with Crippen LogP contribution in [0.25, 0.3) is 0 Å². The van der Waals surface area contributed by atoms with Gasteiger partial charge in [-0.3, -0.25) is 9.59 Å². The van der Waals surface area contributed by atoms with Crippen LogP contribution in [0.15, 0.2) is 109 Å². The molecule has 3 aromatic rings. The SMILES string of the molecule is O=C(c1ccccc1)c1ccccc1CC[C@@H](CC1=CCC(Oc2ccccc2)C=C1)C(=O)O. The molecule has 0 amide bonds. The number of ether oxygens (including phenoxy) is 1. The third kappa shape index (κ3) is 6.10. The van der Waals surface area contributed by atoms with Gasteiger partial charge in [-0.1, -0.05) is 90.5 Å². The molecule has 0 spiro atoms. The number of hydrogen-bond acceptors (Lipinski definition) is 3. The Morgan fingerprint density at radius 3 is 2.26 bits per heavy atom. The number of carbonyl (C=O) groups is 2. The van der Waals surface area contributed by atoms with Gasteiger partial charge in [0, 0.05) is 17.5 Å². The molecule has 1 unspecified atom stereocenters. The van der Waals surface area contributed by atoms with E-state index in [4.69, 9.17) is 4.74 Å². The van der Waals surface area contributed by atoms with Crippen molar-refractivity contribution < 1.29 is 19.4 Å². The minimum atomic E-state index is -0.816. The molecule has 0 bridgehead atoms. The summed E-state index contributed by atoms with van der Waals surface area (Å²) in [5.41, 5.74) is 3.16.